The fraction of sp³-hybridized carbons (Fsp3) is 0.190. The minimum absolute atomic E-state index is 0.213. The zero-order valence-corrected chi connectivity index (χ0v) is 15.8. The van der Waals surface area contributed by atoms with Gasteiger partial charge in [-0.05, 0) is 49.2 Å². The third-order valence-electron chi connectivity index (χ3n) is 4.50. The van der Waals surface area contributed by atoms with Crippen molar-refractivity contribution in [2.45, 2.75) is 26.7 Å². The number of aromatic nitrogens is 5. The Kier molecular flexibility index (Phi) is 4.80. The molecule has 0 radical (unpaired) electrons. The number of carbonyl (C=O) groups is 1. The van der Waals surface area contributed by atoms with Gasteiger partial charge in [0.05, 0.1) is 34.3 Å². The van der Waals surface area contributed by atoms with E-state index in [4.69, 9.17) is 4.98 Å². The van der Waals surface area contributed by atoms with Crippen molar-refractivity contribution in [2.75, 3.05) is 5.32 Å². The summed E-state index contributed by atoms with van der Waals surface area (Å²) in [6.45, 7) is 4.13. The van der Waals surface area contributed by atoms with Crippen LogP contribution in [0.3, 0.4) is 0 Å². The Morgan fingerprint density at radius 2 is 1.82 bits per heavy atom. The molecule has 28 heavy (non-hydrogen) atoms. The molecule has 4 rings (SSSR count). The summed E-state index contributed by atoms with van der Waals surface area (Å²) in [4.78, 5) is 26.3. The Morgan fingerprint density at radius 3 is 2.46 bits per heavy atom. The SMILES string of the molecule is CCc1nc2ccc(C(=O)Nc3ccc(-n4cccn4)nc3)cc2nc1CC. The number of hydrogen-bond donors (Lipinski definition) is 1. The minimum atomic E-state index is -0.213. The lowest BCUT2D eigenvalue weighted by Crippen LogP contribution is -2.12. The van der Waals surface area contributed by atoms with Gasteiger partial charge in [-0.3, -0.25) is 4.79 Å². The zero-order chi connectivity index (χ0) is 19.5. The van der Waals surface area contributed by atoms with Crippen LogP contribution in [-0.2, 0) is 12.8 Å². The molecule has 1 amide bonds. The van der Waals surface area contributed by atoms with Crippen LogP contribution >= 0.6 is 0 Å². The van der Waals surface area contributed by atoms with Crippen molar-refractivity contribution in [3.8, 4) is 5.82 Å². The molecule has 0 saturated carbocycles. The Hall–Kier alpha value is -3.61. The van der Waals surface area contributed by atoms with Crippen LogP contribution in [-0.4, -0.2) is 30.6 Å². The molecule has 4 aromatic rings. The van der Waals surface area contributed by atoms with Gasteiger partial charge in [-0.25, -0.2) is 19.6 Å². The number of hydrogen-bond acceptors (Lipinski definition) is 5. The van der Waals surface area contributed by atoms with E-state index in [1.807, 2.05) is 18.3 Å². The standard InChI is InChI=1S/C21H20N6O/c1-3-16-17(4-2)26-19-12-14(6-8-18(19)25-16)21(28)24-15-7-9-20(22-13-15)27-11-5-10-23-27/h5-13H,3-4H2,1-2H3,(H,24,28). The minimum Gasteiger partial charge on any atom is -0.321 e. The predicted octanol–water partition coefficient (Wildman–Crippen LogP) is 3.59. The molecule has 3 aromatic heterocycles. The Labute approximate surface area is 162 Å². The fourth-order valence-electron chi connectivity index (χ4n) is 3.04. The number of nitrogens with zero attached hydrogens (tertiary/aromatic N) is 5. The summed E-state index contributed by atoms with van der Waals surface area (Å²) in [5.74, 6) is 0.470. The molecule has 0 spiro atoms. The summed E-state index contributed by atoms with van der Waals surface area (Å²) in [5, 5.41) is 7.00. The molecule has 0 aliphatic rings. The van der Waals surface area contributed by atoms with Gasteiger partial charge in [0.15, 0.2) is 5.82 Å². The van der Waals surface area contributed by atoms with Gasteiger partial charge in [0, 0.05) is 18.0 Å². The number of carbonyl (C=O) groups excluding carboxylic acids is 1. The second-order valence-corrected chi connectivity index (χ2v) is 6.34. The van der Waals surface area contributed by atoms with Crippen molar-refractivity contribution >= 4 is 22.6 Å². The number of nitrogens with one attached hydrogen (secondary N) is 1. The predicted molar refractivity (Wildman–Crippen MR) is 108 cm³/mol. The van der Waals surface area contributed by atoms with E-state index in [1.54, 1.807) is 41.3 Å². The van der Waals surface area contributed by atoms with E-state index in [9.17, 15) is 4.79 Å². The topological polar surface area (TPSA) is 85.6 Å². The summed E-state index contributed by atoms with van der Waals surface area (Å²) < 4.78 is 1.66. The molecule has 0 atom stereocenters. The molecular weight excluding hydrogens is 352 g/mol. The average molecular weight is 372 g/mol. The van der Waals surface area contributed by atoms with Crippen LogP contribution in [0.1, 0.15) is 35.6 Å². The van der Waals surface area contributed by atoms with Crippen LogP contribution in [0.25, 0.3) is 16.9 Å². The molecule has 140 valence electrons. The summed E-state index contributed by atoms with van der Waals surface area (Å²) in [6.07, 6.45) is 6.77. The maximum absolute atomic E-state index is 12.6. The number of aryl methyl sites for hydroxylation is 2. The van der Waals surface area contributed by atoms with Crippen molar-refractivity contribution in [3.63, 3.8) is 0 Å². The zero-order valence-electron chi connectivity index (χ0n) is 15.8. The van der Waals surface area contributed by atoms with E-state index in [0.717, 1.165) is 35.3 Å². The molecule has 3 heterocycles. The first kappa shape index (κ1) is 17.8. The van der Waals surface area contributed by atoms with Crippen molar-refractivity contribution in [2.24, 2.45) is 0 Å². The third kappa shape index (κ3) is 3.46. The van der Waals surface area contributed by atoms with Gasteiger partial charge in [0.25, 0.3) is 5.91 Å². The van der Waals surface area contributed by atoms with Crippen molar-refractivity contribution in [3.05, 3.63) is 71.9 Å². The molecule has 1 N–H and O–H groups in total. The second kappa shape index (κ2) is 7.56. The highest BCUT2D eigenvalue weighted by atomic mass is 16.1. The number of fused-ring (bicyclic) bond motifs is 1. The largest absolute Gasteiger partial charge is 0.321 e. The molecule has 1 aromatic carbocycles. The van der Waals surface area contributed by atoms with Gasteiger partial charge in [-0.1, -0.05) is 13.8 Å². The highest BCUT2D eigenvalue weighted by Gasteiger charge is 2.11. The smallest absolute Gasteiger partial charge is 0.255 e. The second-order valence-electron chi connectivity index (χ2n) is 6.34. The monoisotopic (exact) mass is 372 g/mol. The fourth-order valence-corrected chi connectivity index (χ4v) is 3.04. The van der Waals surface area contributed by atoms with Crippen molar-refractivity contribution in [1.82, 2.24) is 24.7 Å². The molecule has 0 aliphatic carbocycles. The highest BCUT2D eigenvalue weighted by molar-refractivity contribution is 6.05. The molecule has 0 unspecified atom stereocenters. The van der Waals surface area contributed by atoms with E-state index in [2.05, 4.69) is 34.2 Å². The number of benzene rings is 1. The first-order valence-corrected chi connectivity index (χ1v) is 9.25. The van der Waals surface area contributed by atoms with E-state index >= 15 is 0 Å². The molecule has 7 nitrogen and oxygen atoms in total. The van der Waals surface area contributed by atoms with Crippen LogP contribution in [0.5, 0.6) is 0 Å². The highest BCUT2D eigenvalue weighted by Crippen LogP contribution is 2.17. The van der Waals surface area contributed by atoms with Crippen molar-refractivity contribution < 1.29 is 4.79 Å². The first-order chi connectivity index (χ1) is 13.7. The summed E-state index contributed by atoms with van der Waals surface area (Å²) in [5.41, 5.74) is 4.66. The number of rotatable bonds is 5. The summed E-state index contributed by atoms with van der Waals surface area (Å²) >= 11 is 0. The van der Waals surface area contributed by atoms with E-state index in [0.29, 0.717) is 17.1 Å². The number of amides is 1. The maximum atomic E-state index is 12.6. The van der Waals surface area contributed by atoms with Gasteiger partial charge in [0.1, 0.15) is 0 Å². The summed E-state index contributed by atoms with van der Waals surface area (Å²) in [7, 11) is 0. The van der Waals surface area contributed by atoms with E-state index in [-0.39, 0.29) is 5.91 Å². The van der Waals surface area contributed by atoms with Gasteiger partial charge >= 0.3 is 0 Å². The van der Waals surface area contributed by atoms with Gasteiger partial charge < -0.3 is 5.32 Å². The van der Waals surface area contributed by atoms with Crippen LogP contribution in [0.4, 0.5) is 5.69 Å². The molecular formula is C21H20N6O. The molecule has 0 saturated heterocycles. The Morgan fingerprint density at radius 1 is 1.04 bits per heavy atom. The molecule has 0 bridgehead atoms. The van der Waals surface area contributed by atoms with Crippen LogP contribution in [0.2, 0.25) is 0 Å². The molecule has 7 heteroatoms. The van der Waals surface area contributed by atoms with Crippen LogP contribution in [0.15, 0.2) is 55.0 Å². The Bertz CT molecular complexity index is 1120. The lowest BCUT2D eigenvalue weighted by Gasteiger charge is -2.09. The van der Waals surface area contributed by atoms with Gasteiger partial charge in [0.2, 0.25) is 0 Å². The normalized spacial score (nSPS) is 10.9. The van der Waals surface area contributed by atoms with E-state index < -0.39 is 0 Å². The lowest BCUT2D eigenvalue weighted by molar-refractivity contribution is 0.102. The molecule has 0 fully saturated rings. The van der Waals surface area contributed by atoms with Crippen molar-refractivity contribution in [1.29, 1.82) is 0 Å². The lowest BCUT2D eigenvalue weighted by atomic mass is 10.1. The first-order valence-electron chi connectivity index (χ1n) is 9.25. The van der Waals surface area contributed by atoms with Gasteiger partial charge in [-0.2, -0.15) is 5.10 Å². The quantitative estimate of drug-likeness (QED) is 0.579. The summed E-state index contributed by atoms with van der Waals surface area (Å²) in [6, 6.07) is 10.8. The van der Waals surface area contributed by atoms with Gasteiger partial charge in [-0.15, -0.1) is 0 Å². The molecule has 0 aliphatic heterocycles. The Balaban J connectivity index is 1.56. The van der Waals surface area contributed by atoms with E-state index in [1.165, 1.54) is 0 Å². The average Bonchev–Trinajstić information content (AvgIpc) is 3.27. The number of pyridine rings is 1. The third-order valence-corrected chi connectivity index (χ3v) is 4.50. The van der Waals surface area contributed by atoms with Crippen LogP contribution in [0, 0.1) is 0 Å². The maximum Gasteiger partial charge on any atom is 0.255 e. The number of anilines is 1. The van der Waals surface area contributed by atoms with Crippen LogP contribution < -0.4 is 5.32 Å².